The number of esters is 2. The highest BCUT2D eigenvalue weighted by Crippen LogP contribution is 2.38. The van der Waals surface area contributed by atoms with Crippen molar-refractivity contribution in [3.05, 3.63) is 0 Å². The van der Waals surface area contributed by atoms with Crippen molar-refractivity contribution in [2.45, 2.75) is 38.1 Å². The number of carbonyl (C=O) groups excluding carboxylic acids is 5. The van der Waals surface area contributed by atoms with E-state index < -0.39 is 48.5 Å². The van der Waals surface area contributed by atoms with Gasteiger partial charge in [-0.1, -0.05) is 19.8 Å². The van der Waals surface area contributed by atoms with E-state index in [0.717, 1.165) is 24.2 Å². The number of hydrogen-bond acceptors (Lipinski definition) is 7. The van der Waals surface area contributed by atoms with Gasteiger partial charge in [-0.15, -0.1) is 0 Å². The van der Waals surface area contributed by atoms with Gasteiger partial charge in [0.1, 0.15) is 18.6 Å². The molecule has 0 aromatic rings. The number of urea groups is 1. The summed E-state index contributed by atoms with van der Waals surface area (Å²) in [6, 6.07) is -0.629. The van der Waals surface area contributed by atoms with Crippen LogP contribution in [0.25, 0.3) is 0 Å². The molecule has 2 N–H and O–H groups in total. The lowest BCUT2D eigenvalue weighted by Crippen LogP contribution is -2.54. The van der Waals surface area contributed by atoms with Crippen LogP contribution in [0.4, 0.5) is 4.79 Å². The van der Waals surface area contributed by atoms with Crippen LogP contribution in [0.1, 0.15) is 32.6 Å². The van der Waals surface area contributed by atoms with Gasteiger partial charge in [-0.25, -0.2) is 4.79 Å². The van der Waals surface area contributed by atoms with E-state index in [4.69, 9.17) is 4.74 Å². The maximum atomic E-state index is 12.7. The summed E-state index contributed by atoms with van der Waals surface area (Å²) in [5, 5.41) is 4.93. The van der Waals surface area contributed by atoms with Gasteiger partial charge in [0.15, 0.2) is 6.61 Å². The summed E-state index contributed by atoms with van der Waals surface area (Å²) in [5.41, 5.74) is -0.951. The van der Waals surface area contributed by atoms with Crippen molar-refractivity contribution in [2.75, 3.05) is 26.8 Å². The first kappa shape index (κ1) is 19.7. The third kappa shape index (κ3) is 4.12. The summed E-state index contributed by atoms with van der Waals surface area (Å²) in [6.07, 6.45) is 3.19. The third-order valence-electron chi connectivity index (χ3n) is 4.81. The first-order chi connectivity index (χ1) is 12.3. The number of amides is 4. The highest BCUT2D eigenvalue weighted by Gasteiger charge is 2.55. The van der Waals surface area contributed by atoms with Crippen LogP contribution in [0.5, 0.6) is 0 Å². The summed E-state index contributed by atoms with van der Waals surface area (Å²) in [5.74, 6) is -2.67. The Morgan fingerprint density at radius 2 is 2.00 bits per heavy atom. The predicted octanol–water partition coefficient (Wildman–Crippen LogP) is -0.680. The molecule has 0 aromatic carbocycles. The predicted molar refractivity (Wildman–Crippen MR) is 86.6 cm³/mol. The second kappa shape index (κ2) is 8.15. The average molecular weight is 369 g/mol. The minimum atomic E-state index is -0.951. The molecular weight excluding hydrogens is 346 g/mol. The van der Waals surface area contributed by atoms with Gasteiger partial charge >= 0.3 is 18.0 Å². The maximum Gasteiger partial charge on any atom is 0.326 e. The molecule has 10 heteroatoms. The van der Waals surface area contributed by atoms with Gasteiger partial charge in [-0.2, -0.15) is 0 Å². The molecule has 2 aliphatic rings. The Hall–Kier alpha value is -2.65. The standard InChI is InChI=1S/C16H23N3O7/c1-10-5-3-4-6-16(10)14(23)19(15(24)18-16)8-13(22)26-9-11(20)17-7-12(21)25-2/h10H,3-9H2,1-2H3,(H,17,20)(H,18,24)/t10-,16+/m0/s1. The molecule has 144 valence electrons. The molecule has 0 bridgehead atoms. The highest BCUT2D eigenvalue weighted by atomic mass is 16.5. The molecule has 1 saturated carbocycles. The number of nitrogens with zero attached hydrogens (tertiary/aromatic N) is 1. The smallest absolute Gasteiger partial charge is 0.326 e. The molecule has 4 amide bonds. The quantitative estimate of drug-likeness (QED) is 0.468. The molecule has 2 atom stereocenters. The monoisotopic (exact) mass is 369 g/mol. The zero-order valence-corrected chi connectivity index (χ0v) is 14.8. The Labute approximate surface area is 150 Å². The van der Waals surface area contributed by atoms with Crippen LogP contribution >= 0.6 is 0 Å². The van der Waals surface area contributed by atoms with Gasteiger partial charge in [-0.05, 0) is 18.8 Å². The first-order valence-corrected chi connectivity index (χ1v) is 8.43. The Balaban J connectivity index is 1.85. The molecule has 0 aromatic heterocycles. The van der Waals surface area contributed by atoms with Gasteiger partial charge in [0.05, 0.1) is 7.11 Å². The van der Waals surface area contributed by atoms with E-state index in [2.05, 4.69) is 15.4 Å². The molecule has 10 nitrogen and oxygen atoms in total. The molecule has 2 fully saturated rings. The van der Waals surface area contributed by atoms with Crippen LogP contribution in [0.2, 0.25) is 0 Å². The summed E-state index contributed by atoms with van der Waals surface area (Å²) in [6.45, 7) is 0.371. The summed E-state index contributed by atoms with van der Waals surface area (Å²) in [7, 11) is 1.17. The number of imide groups is 1. The molecule has 1 aliphatic carbocycles. The maximum absolute atomic E-state index is 12.7. The zero-order chi connectivity index (χ0) is 19.3. The van der Waals surface area contributed by atoms with Crippen LogP contribution in [0, 0.1) is 5.92 Å². The second-order valence-electron chi connectivity index (χ2n) is 6.45. The molecule has 2 rings (SSSR count). The van der Waals surface area contributed by atoms with Crippen molar-refractivity contribution in [2.24, 2.45) is 5.92 Å². The molecule has 1 aliphatic heterocycles. The number of nitrogens with one attached hydrogen (secondary N) is 2. The lowest BCUT2D eigenvalue weighted by Gasteiger charge is -2.36. The number of methoxy groups -OCH3 is 1. The topological polar surface area (TPSA) is 131 Å². The van der Waals surface area contributed by atoms with E-state index in [1.54, 1.807) is 0 Å². The van der Waals surface area contributed by atoms with Gasteiger partial charge in [-0.3, -0.25) is 24.1 Å². The lowest BCUT2D eigenvalue weighted by molar-refractivity contribution is -0.152. The molecule has 0 radical (unpaired) electrons. The summed E-state index contributed by atoms with van der Waals surface area (Å²) < 4.78 is 9.11. The number of carbonyl (C=O) groups is 5. The van der Waals surface area contributed by atoms with Gasteiger partial charge < -0.3 is 20.1 Å². The van der Waals surface area contributed by atoms with Crippen molar-refractivity contribution >= 4 is 29.8 Å². The average Bonchev–Trinajstić information content (AvgIpc) is 2.85. The SMILES string of the molecule is COC(=O)CNC(=O)COC(=O)CN1C(=O)N[C@@]2(CCCC[C@@H]2C)C1=O. The molecular formula is C16H23N3O7. The first-order valence-electron chi connectivity index (χ1n) is 8.43. The number of ether oxygens (including phenoxy) is 2. The normalized spacial score (nSPS) is 25.0. The Morgan fingerprint density at radius 1 is 1.27 bits per heavy atom. The van der Waals surface area contributed by atoms with Crippen molar-refractivity contribution in [3.63, 3.8) is 0 Å². The molecule has 1 spiro atoms. The van der Waals surface area contributed by atoms with Crippen molar-refractivity contribution in [1.82, 2.24) is 15.5 Å². The van der Waals surface area contributed by atoms with E-state index in [1.165, 1.54) is 7.11 Å². The fourth-order valence-corrected chi connectivity index (χ4v) is 3.25. The van der Waals surface area contributed by atoms with E-state index >= 15 is 0 Å². The van der Waals surface area contributed by atoms with Crippen molar-refractivity contribution in [1.29, 1.82) is 0 Å². The summed E-state index contributed by atoms with van der Waals surface area (Å²) in [4.78, 5) is 59.9. The van der Waals surface area contributed by atoms with E-state index in [0.29, 0.717) is 6.42 Å². The van der Waals surface area contributed by atoms with E-state index in [-0.39, 0.29) is 12.5 Å². The van der Waals surface area contributed by atoms with Gasteiger partial charge in [0, 0.05) is 0 Å². The van der Waals surface area contributed by atoms with Crippen LogP contribution in [0.15, 0.2) is 0 Å². The largest absolute Gasteiger partial charge is 0.468 e. The van der Waals surface area contributed by atoms with Crippen LogP contribution in [0.3, 0.4) is 0 Å². The van der Waals surface area contributed by atoms with Crippen molar-refractivity contribution in [3.8, 4) is 0 Å². The molecule has 0 unspecified atom stereocenters. The summed E-state index contributed by atoms with van der Waals surface area (Å²) >= 11 is 0. The van der Waals surface area contributed by atoms with Crippen LogP contribution < -0.4 is 10.6 Å². The lowest BCUT2D eigenvalue weighted by atomic mass is 9.73. The Bertz CT molecular complexity index is 621. The minimum absolute atomic E-state index is 0.0159. The fraction of sp³-hybridized carbons (Fsp3) is 0.688. The molecule has 26 heavy (non-hydrogen) atoms. The molecule has 1 saturated heterocycles. The Kier molecular flexibility index (Phi) is 6.17. The van der Waals surface area contributed by atoms with Crippen LogP contribution in [-0.2, 0) is 28.7 Å². The highest BCUT2D eigenvalue weighted by molar-refractivity contribution is 6.09. The van der Waals surface area contributed by atoms with Gasteiger partial charge in [0.25, 0.3) is 11.8 Å². The number of rotatable bonds is 6. The fourth-order valence-electron chi connectivity index (χ4n) is 3.25. The van der Waals surface area contributed by atoms with Gasteiger partial charge in [0.2, 0.25) is 0 Å². The third-order valence-corrected chi connectivity index (χ3v) is 4.81. The second-order valence-corrected chi connectivity index (χ2v) is 6.45. The molecule has 1 heterocycles. The van der Waals surface area contributed by atoms with Crippen molar-refractivity contribution < 1.29 is 33.4 Å². The minimum Gasteiger partial charge on any atom is -0.468 e. The van der Waals surface area contributed by atoms with E-state index in [1.807, 2.05) is 6.92 Å². The Morgan fingerprint density at radius 3 is 2.65 bits per heavy atom. The number of hydrogen-bond donors (Lipinski definition) is 2. The van der Waals surface area contributed by atoms with E-state index in [9.17, 15) is 24.0 Å². The zero-order valence-electron chi connectivity index (χ0n) is 14.8. The van der Waals surface area contributed by atoms with Crippen LogP contribution in [-0.4, -0.2) is 67.0 Å².